The number of halogens is 4. The summed E-state index contributed by atoms with van der Waals surface area (Å²) < 4.78 is 75.7. The van der Waals surface area contributed by atoms with Crippen molar-refractivity contribution in [1.82, 2.24) is 40.5 Å². The molecule has 7 rings (SSSR count). The third-order valence-electron chi connectivity index (χ3n) is 10.7. The van der Waals surface area contributed by atoms with Crippen LogP contribution in [0.15, 0.2) is 110 Å². The summed E-state index contributed by atoms with van der Waals surface area (Å²) in [7, 11) is -2.08. The minimum atomic E-state index is -3.66. The number of carbonyl (C=O) groups excluding carboxylic acids is 6. The van der Waals surface area contributed by atoms with Crippen molar-refractivity contribution in [2.24, 2.45) is 0 Å². The van der Waals surface area contributed by atoms with E-state index in [4.69, 9.17) is 4.84 Å². The molecule has 1 fully saturated rings. The minimum absolute atomic E-state index is 0. The maximum absolute atomic E-state index is 13.2. The molecule has 1 atom stereocenters. The summed E-state index contributed by atoms with van der Waals surface area (Å²) in [5.41, 5.74) is 3.39. The number of amides is 5. The van der Waals surface area contributed by atoms with Crippen LogP contribution in [0.1, 0.15) is 67.3 Å². The number of hydrogen-bond donors (Lipinski definition) is 2. The van der Waals surface area contributed by atoms with Gasteiger partial charge in [0.25, 0.3) is 17.7 Å². The molecule has 1 aliphatic heterocycles. The number of sulfone groups is 1. The number of pyridine rings is 4. The number of likely N-dealkylation sites (N-methyl/N-ethyl adjacent to an activating group) is 1. The van der Waals surface area contributed by atoms with Crippen LogP contribution in [0.5, 0.6) is 0 Å². The van der Waals surface area contributed by atoms with Gasteiger partial charge in [0, 0.05) is 126 Å². The van der Waals surface area contributed by atoms with Crippen LogP contribution in [-0.4, -0.2) is 112 Å². The zero-order chi connectivity index (χ0) is 54.5. The van der Waals surface area contributed by atoms with Crippen LogP contribution < -0.4 is 10.6 Å². The fraction of sp³-hybridized carbons (Fsp3) is 0.283. The van der Waals surface area contributed by atoms with Gasteiger partial charge in [0.15, 0.2) is 0 Å². The van der Waals surface area contributed by atoms with Gasteiger partial charge in [-0.3, -0.25) is 51.5 Å². The molecule has 0 saturated carbocycles. The Morgan fingerprint density at radius 2 is 1.25 bits per heavy atom. The van der Waals surface area contributed by atoms with E-state index in [0.29, 0.717) is 53.5 Å². The molecule has 1 saturated heterocycles. The Morgan fingerprint density at radius 1 is 0.724 bits per heavy atom. The number of imide groups is 1. The number of aryl methyl sites for hydroxylation is 1. The topological polar surface area (TPSA) is 228 Å². The zero-order valence-electron chi connectivity index (χ0n) is 41.4. The standard InChI is InChI=1S/C31H40N6O9S.2C11H6F2N.Ir/c1-21-12-14-32-23(18-21)24-19-22(13-15-33-24)30(42)35-25(20-47(3,44)45)31(43)34-16-17-36(2)26(38)8-6-4-5-7-9-29(41)46-37-27(39)10-11-28(37)40;2*12-8-4-5-9(10(13)7-8)11-3-1-2-6-14-11;/h12-15,18-19,25H,4-11,16-17,20H2,1-3H3,(H,34,43)(H,35,42);2*1-4,6-7H;/q;2*-1;. The number of nitrogens with one attached hydrogen (secondary N) is 2. The third-order valence-corrected chi connectivity index (χ3v) is 11.7. The first-order valence-electron chi connectivity index (χ1n) is 23.3. The van der Waals surface area contributed by atoms with Crippen molar-refractivity contribution in [2.75, 3.05) is 32.1 Å². The summed E-state index contributed by atoms with van der Waals surface area (Å²) >= 11 is 0. The van der Waals surface area contributed by atoms with Crippen molar-refractivity contribution in [1.29, 1.82) is 0 Å². The van der Waals surface area contributed by atoms with Gasteiger partial charge in [0.2, 0.25) is 11.8 Å². The first-order chi connectivity index (χ1) is 35.8. The number of hydroxylamine groups is 2. The van der Waals surface area contributed by atoms with E-state index in [9.17, 15) is 54.7 Å². The van der Waals surface area contributed by atoms with Crippen molar-refractivity contribution in [3.63, 3.8) is 0 Å². The van der Waals surface area contributed by atoms with Crippen LogP contribution in [-0.2, 0) is 58.8 Å². The minimum Gasteiger partial charge on any atom is -0.353 e. The molecule has 1 unspecified atom stereocenters. The summed E-state index contributed by atoms with van der Waals surface area (Å²) in [4.78, 5) is 96.0. The van der Waals surface area contributed by atoms with Crippen molar-refractivity contribution in [3.8, 4) is 33.9 Å². The average molecular weight is 1250 g/mol. The molecule has 76 heavy (non-hydrogen) atoms. The fourth-order valence-electron chi connectivity index (χ4n) is 6.91. The molecule has 2 N–H and O–H groups in total. The molecule has 6 aromatic rings. The Morgan fingerprint density at radius 3 is 1.76 bits per heavy atom. The molecule has 23 heteroatoms. The maximum atomic E-state index is 13.2. The first-order valence-corrected chi connectivity index (χ1v) is 25.4. The number of rotatable bonds is 19. The SMILES string of the molecule is Cc1ccnc(-c2cc(C(=O)NC(CS(C)(=O)=O)C(=O)NCCN(C)C(=O)CCCCCCC(=O)ON3C(=O)CCC3=O)ccn2)c1.Fc1c[c-]c(-c2ccccn2)c(F)c1.Fc1c[c-]c(-c2ccccn2)c(F)c1.[Ir]. The van der Waals surface area contributed by atoms with Crippen LogP contribution in [0.25, 0.3) is 33.9 Å². The maximum Gasteiger partial charge on any atom is 0.333 e. The summed E-state index contributed by atoms with van der Waals surface area (Å²) in [6, 6.07) is 24.3. The van der Waals surface area contributed by atoms with Gasteiger partial charge in [-0.2, -0.15) is 0 Å². The van der Waals surface area contributed by atoms with Crippen LogP contribution >= 0.6 is 0 Å². The molecule has 0 spiro atoms. The Balaban J connectivity index is 0.000000343. The van der Waals surface area contributed by atoms with E-state index >= 15 is 0 Å². The van der Waals surface area contributed by atoms with Crippen LogP contribution in [0.4, 0.5) is 17.6 Å². The Bertz CT molecular complexity index is 2970. The Labute approximate surface area is 450 Å². The second-order valence-corrected chi connectivity index (χ2v) is 19.0. The molecule has 4 aromatic heterocycles. The molecule has 0 aliphatic carbocycles. The molecular weight excluding hydrogens is 1190 g/mol. The van der Waals surface area contributed by atoms with E-state index in [0.717, 1.165) is 36.1 Å². The summed E-state index contributed by atoms with van der Waals surface area (Å²) in [5, 5.41) is 5.61. The summed E-state index contributed by atoms with van der Waals surface area (Å²) in [6.45, 7) is 2.07. The number of aromatic nitrogens is 4. The van der Waals surface area contributed by atoms with Crippen LogP contribution in [0, 0.1) is 42.3 Å². The number of hydrogen-bond acceptors (Lipinski definition) is 13. The van der Waals surface area contributed by atoms with E-state index in [1.54, 1.807) is 68.1 Å². The second kappa shape index (κ2) is 30.1. The van der Waals surface area contributed by atoms with Crippen LogP contribution in [0.2, 0.25) is 0 Å². The molecule has 5 heterocycles. The molecule has 0 bridgehead atoms. The Hall–Kier alpha value is -7.62. The van der Waals surface area contributed by atoms with Gasteiger partial charge in [-0.1, -0.05) is 60.4 Å². The zero-order valence-corrected chi connectivity index (χ0v) is 44.6. The van der Waals surface area contributed by atoms with Gasteiger partial charge in [-0.25, -0.2) is 13.2 Å². The molecule has 1 aliphatic rings. The van der Waals surface area contributed by atoms with Gasteiger partial charge >= 0.3 is 5.97 Å². The largest absolute Gasteiger partial charge is 0.353 e. The molecule has 5 amide bonds. The number of nitrogens with zero attached hydrogens (tertiary/aromatic N) is 6. The van der Waals surface area contributed by atoms with E-state index < -0.39 is 74.5 Å². The summed E-state index contributed by atoms with van der Waals surface area (Å²) in [5.74, 6) is -6.45. The van der Waals surface area contributed by atoms with Crippen molar-refractivity contribution in [2.45, 2.75) is 64.3 Å². The number of unbranched alkanes of at least 4 members (excludes halogenated alkanes) is 3. The predicted octanol–water partition coefficient (Wildman–Crippen LogP) is 6.77. The predicted molar refractivity (Wildman–Crippen MR) is 266 cm³/mol. The van der Waals surface area contributed by atoms with E-state index in [1.165, 1.54) is 23.2 Å². The van der Waals surface area contributed by atoms with E-state index in [2.05, 4.69) is 42.7 Å². The molecule has 403 valence electrons. The molecule has 2 aromatic carbocycles. The van der Waals surface area contributed by atoms with Gasteiger partial charge in [0.1, 0.15) is 15.9 Å². The third kappa shape index (κ3) is 19.9. The number of carbonyl (C=O) groups is 6. The Kier molecular flexibility index (Phi) is 24.1. The second-order valence-electron chi connectivity index (χ2n) is 16.8. The number of benzene rings is 2. The van der Waals surface area contributed by atoms with Crippen molar-refractivity contribution in [3.05, 3.63) is 156 Å². The quantitative estimate of drug-likeness (QED) is 0.0370. The van der Waals surface area contributed by atoms with Gasteiger partial charge in [-0.15, -0.1) is 29.3 Å². The van der Waals surface area contributed by atoms with Gasteiger partial charge in [0.05, 0.1) is 17.1 Å². The van der Waals surface area contributed by atoms with Crippen LogP contribution in [0.3, 0.4) is 0 Å². The van der Waals surface area contributed by atoms with Gasteiger partial charge in [-0.05, 0) is 73.1 Å². The average Bonchev–Trinajstić information content (AvgIpc) is 3.69. The summed E-state index contributed by atoms with van der Waals surface area (Å²) in [6.07, 6.45) is 9.79. The monoisotopic (exact) mass is 1250 g/mol. The van der Waals surface area contributed by atoms with E-state index in [-0.39, 0.29) is 81.5 Å². The van der Waals surface area contributed by atoms with Crippen molar-refractivity contribution >= 4 is 45.3 Å². The van der Waals surface area contributed by atoms with Crippen molar-refractivity contribution < 1.29 is 79.7 Å². The van der Waals surface area contributed by atoms with E-state index in [1.807, 2.05) is 13.0 Å². The smallest absolute Gasteiger partial charge is 0.333 e. The fourth-order valence-corrected chi connectivity index (χ4v) is 7.75. The molecule has 1 radical (unpaired) electrons. The van der Waals surface area contributed by atoms with Gasteiger partial charge < -0.3 is 30.3 Å². The first kappa shape index (κ1) is 60.9. The normalized spacial score (nSPS) is 12.2. The molecular formula is C53H52F4IrN8O9S-2. The molecule has 17 nitrogen and oxygen atoms in total.